The third-order valence-electron chi connectivity index (χ3n) is 2.79. The molecule has 0 radical (unpaired) electrons. The summed E-state index contributed by atoms with van der Waals surface area (Å²) in [5.41, 5.74) is 1.78. The van der Waals surface area contributed by atoms with Crippen LogP contribution in [-0.2, 0) is 14.3 Å². The molecule has 6 nitrogen and oxygen atoms in total. The van der Waals surface area contributed by atoms with E-state index in [2.05, 4.69) is 10.6 Å². The molecule has 0 aliphatic carbocycles. The number of ether oxygens (including phenoxy) is 1. The fourth-order valence-corrected chi connectivity index (χ4v) is 1.75. The number of amides is 1. The van der Waals surface area contributed by atoms with Crippen molar-refractivity contribution in [1.29, 1.82) is 0 Å². The summed E-state index contributed by atoms with van der Waals surface area (Å²) >= 11 is 0. The summed E-state index contributed by atoms with van der Waals surface area (Å²) in [5, 5.41) is 5.53. The molecule has 0 aliphatic heterocycles. The Bertz CT molecular complexity index is 567. The van der Waals surface area contributed by atoms with Gasteiger partial charge < -0.3 is 15.4 Å². The van der Waals surface area contributed by atoms with Crippen molar-refractivity contribution in [2.45, 2.75) is 19.8 Å². The summed E-state index contributed by atoms with van der Waals surface area (Å²) in [5.74, 6) is -0.679. The lowest BCUT2D eigenvalue weighted by molar-refractivity contribution is -0.144. The van der Waals surface area contributed by atoms with E-state index in [0.717, 1.165) is 6.29 Å². The van der Waals surface area contributed by atoms with Crippen molar-refractivity contribution in [2.24, 2.45) is 0 Å². The van der Waals surface area contributed by atoms with Crippen molar-refractivity contribution < 1.29 is 19.1 Å². The Morgan fingerprint density at radius 1 is 1.23 bits per heavy atom. The minimum atomic E-state index is -0.397. The molecule has 1 aromatic carbocycles. The zero-order valence-corrected chi connectivity index (χ0v) is 12.7. The predicted molar refractivity (Wildman–Crippen MR) is 84.4 cm³/mol. The molecular formula is C16H20N2O4. The summed E-state index contributed by atoms with van der Waals surface area (Å²) in [6.45, 7) is 2.02. The van der Waals surface area contributed by atoms with Gasteiger partial charge in [-0.2, -0.15) is 0 Å². The highest BCUT2D eigenvalue weighted by Crippen LogP contribution is 2.16. The standard InChI is InChI=1S/C16H20N2O4/c1-3-22-16(21)7-6-15(20)18-14-5-4-13(11-19)12(10-14)8-9-17-2/h4-5,8-11,17H,3,6-7H2,1-2H3,(H,18,20)/b9-8-. The van der Waals surface area contributed by atoms with Crippen LogP contribution in [0.15, 0.2) is 24.4 Å². The Kier molecular flexibility index (Phi) is 7.39. The Labute approximate surface area is 129 Å². The van der Waals surface area contributed by atoms with Gasteiger partial charge in [0.05, 0.1) is 13.0 Å². The minimum absolute atomic E-state index is 0.0403. The van der Waals surface area contributed by atoms with Crippen LogP contribution in [0.3, 0.4) is 0 Å². The van der Waals surface area contributed by atoms with Crippen LogP contribution in [-0.4, -0.2) is 31.8 Å². The van der Waals surface area contributed by atoms with E-state index in [1.54, 1.807) is 44.4 Å². The first-order valence-corrected chi connectivity index (χ1v) is 6.99. The van der Waals surface area contributed by atoms with Crippen molar-refractivity contribution in [2.75, 3.05) is 19.0 Å². The molecule has 2 N–H and O–H groups in total. The molecule has 0 fully saturated rings. The van der Waals surface area contributed by atoms with E-state index in [1.165, 1.54) is 0 Å². The maximum absolute atomic E-state index is 11.8. The average Bonchev–Trinajstić information content (AvgIpc) is 2.51. The lowest BCUT2D eigenvalue weighted by Gasteiger charge is -2.07. The van der Waals surface area contributed by atoms with Crippen LogP contribution in [0, 0.1) is 0 Å². The number of hydrogen-bond acceptors (Lipinski definition) is 5. The first-order valence-electron chi connectivity index (χ1n) is 6.99. The third-order valence-corrected chi connectivity index (χ3v) is 2.79. The second kappa shape index (κ2) is 9.33. The molecule has 0 heterocycles. The van der Waals surface area contributed by atoms with Crippen molar-refractivity contribution in [1.82, 2.24) is 5.32 Å². The van der Waals surface area contributed by atoms with Crippen LogP contribution in [0.1, 0.15) is 35.7 Å². The van der Waals surface area contributed by atoms with Crippen LogP contribution < -0.4 is 10.6 Å². The lowest BCUT2D eigenvalue weighted by Crippen LogP contribution is -2.14. The Morgan fingerprint density at radius 3 is 2.64 bits per heavy atom. The highest BCUT2D eigenvalue weighted by atomic mass is 16.5. The number of benzene rings is 1. The van der Waals surface area contributed by atoms with Gasteiger partial charge in [0.25, 0.3) is 0 Å². The van der Waals surface area contributed by atoms with Crippen molar-refractivity contribution in [3.05, 3.63) is 35.5 Å². The smallest absolute Gasteiger partial charge is 0.306 e. The fourth-order valence-electron chi connectivity index (χ4n) is 1.75. The van der Waals surface area contributed by atoms with Gasteiger partial charge in [-0.3, -0.25) is 14.4 Å². The fraction of sp³-hybridized carbons (Fsp3) is 0.312. The van der Waals surface area contributed by atoms with E-state index in [4.69, 9.17) is 4.74 Å². The molecule has 1 rings (SSSR count). The van der Waals surface area contributed by atoms with Gasteiger partial charge >= 0.3 is 5.97 Å². The van der Waals surface area contributed by atoms with Crippen molar-refractivity contribution in [3.63, 3.8) is 0 Å². The van der Waals surface area contributed by atoms with Gasteiger partial charge in [0, 0.05) is 24.7 Å². The van der Waals surface area contributed by atoms with Gasteiger partial charge in [-0.1, -0.05) is 0 Å². The molecule has 0 aliphatic rings. The van der Waals surface area contributed by atoms with E-state index in [9.17, 15) is 14.4 Å². The summed E-state index contributed by atoms with van der Waals surface area (Å²) in [6.07, 6.45) is 4.27. The monoisotopic (exact) mass is 304 g/mol. The number of nitrogens with one attached hydrogen (secondary N) is 2. The van der Waals surface area contributed by atoms with Gasteiger partial charge in [0.2, 0.25) is 5.91 Å². The molecule has 0 atom stereocenters. The van der Waals surface area contributed by atoms with E-state index in [-0.39, 0.29) is 18.7 Å². The molecule has 1 amide bonds. The SMILES string of the molecule is CCOC(=O)CCC(=O)Nc1ccc(C=O)c(/C=C\NC)c1. The van der Waals surface area contributed by atoms with E-state index in [0.29, 0.717) is 23.4 Å². The number of aldehydes is 1. The molecule has 0 saturated carbocycles. The van der Waals surface area contributed by atoms with Crippen molar-refractivity contribution in [3.8, 4) is 0 Å². The van der Waals surface area contributed by atoms with Crippen LogP contribution in [0.4, 0.5) is 5.69 Å². The zero-order valence-electron chi connectivity index (χ0n) is 12.7. The molecule has 6 heteroatoms. The Morgan fingerprint density at radius 2 is 2.00 bits per heavy atom. The van der Waals surface area contributed by atoms with Gasteiger partial charge in [-0.25, -0.2) is 0 Å². The van der Waals surface area contributed by atoms with Crippen LogP contribution in [0.25, 0.3) is 6.08 Å². The van der Waals surface area contributed by atoms with E-state index < -0.39 is 5.97 Å². The largest absolute Gasteiger partial charge is 0.466 e. The van der Waals surface area contributed by atoms with Crippen LogP contribution >= 0.6 is 0 Å². The summed E-state index contributed by atoms with van der Waals surface area (Å²) in [4.78, 5) is 34.0. The third kappa shape index (κ3) is 5.78. The molecule has 0 spiro atoms. The van der Waals surface area contributed by atoms with E-state index in [1.807, 2.05) is 0 Å². The average molecular weight is 304 g/mol. The van der Waals surface area contributed by atoms with Gasteiger partial charge in [0.1, 0.15) is 0 Å². The lowest BCUT2D eigenvalue weighted by atomic mass is 10.1. The Hall–Kier alpha value is -2.63. The molecule has 118 valence electrons. The maximum Gasteiger partial charge on any atom is 0.306 e. The summed E-state index contributed by atoms with van der Waals surface area (Å²) < 4.78 is 4.76. The predicted octanol–water partition coefficient (Wildman–Crippen LogP) is 1.97. The summed E-state index contributed by atoms with van der Waals surface area (Å²) in [6, 6.07) is 4.96. The minimum Gasteiger partial charge on any atom is -0.466 e. The number of anilines is 1. The molecule has 0 bridgehead atoms. The first kappa shape index (κ1) is 17.4. The molecule has 0 saturated heterocycles. The molecular weight excluding hydrogens is 284 g/mol. The quantitative estimate of drug-likeness (QED) is 0.566. The molecule has 0 unspecified atom stereocenters. The van der Waals surface area contributed by atoms with Gasteiger partial charge in [0.15, 0.2) is 6.29 Å². The second-order valence-electron chi connectivity index (χ2n) is 4.44. The normalized spacial score (nSPS) is 10.3. The number of hydrogen-bond donors (Lipinski definition) is 2. The second-order valence-corrected chi connectivity index (χ2v) is 4.44. The van der Waals surface area contributed by atoms with E-state index >= 15 is 0 Å². The summed E-state index contributed by atoms with van der Waals surface area (Å²) in [7, 11) is 1.75. The first-order chi connectivity index (χ1) is 10.6. The highest BCUT2D eigenvalue weighted by molar-refractivity contribution is 5.93. The Balaban J connectivity index is 2.69. The highest BCUT2D eigenvalue weighted by Gasteiger charge is 2.08. The number of rotatable bonds is 8. The molecule has 22 heavy (non-hydrogen) atoms. The molecule has 0 aromatic heterocycles. The van der Waals surface area contributed by atoms with Crippen LogP contribution in [0.2, 0.25) is 0 Å². The zero-order chi connectivity index (χ0) is 16.4. The van der Waals surface area contributed by atoms with Crippen LogP contribution in [0.5, 0.6) is 0 Å². The number of carbonyl (C=O) groups excluding carboxylic acids is 3. The van der Waals surface area contributed by atoms with Gasteiger partial charge in [-0.05, 0) is 43.0 Å². The van der Waals surface area contributed by atoms with Crippen molar-refractivity contribution >= 4 is 29.9 Å². The maximum atomic E-state index is 11.8. The number of carbonyl (C=O) groups is 3. The number of esters is 1. The topological polar surface area (TPSA) is 84.5 Å². The molecule has 1 aromatic rings. The van der Waals surface area contributed by atoms with Gasteiger partial charge in [-0.15, -0.1) is 0 Å².